The summed E-state index contributed by atoms with van der Waals surface area (Å²) in [5.41, 5.74) is 0.386. The number of hydrogen-bond donors (Lipinski definition) is 2. The molecule has 0 fully saturated rings. The number of thioether (sulfide) groups is 1. The zero-order valence-electron chi connectivity index (χ0n) is 10.5. The van der Waals surface area contributed by atoms with Crippen molar-refractivity contribution in [2.24, 2.45) is 0 Å². The van der Waals surface area contributed by atoms with Gasteiger partial charge in [0.2, 0.25) is 0 Å². The van der Waals surface area contributed by atoms with Gasteiger partial charge in [0, 0.05) is 18.0 Å². The molecule has 1 atom stereocenters. The molecule has 0 aliphatic carbocycles. The summed E-state index contributed by atoms with van der Waals surface area (Å²) in [5, 5.41) is 11.7. The van der Waals surface area contributed by atoms with Crippen LogP contribution in [-0.4, -0.2) is 39.6 Å². The van der Waals surface area contributed by atoms with Crippen LogP contribution in [0.5, 0.6) is 0 Å². The number of carboxylic acid groups (broad SMARTS) is 1. The smallest absolute Gasteiger partial charge is 0.323 e. The van der Waals surface area contributed by atoms with Gasteiger partial charge in [-0.05, 0) is 24.8 Å². The van der Waals surface area contributed by atoms with Crippen LogP contribution in [0.15, 0.2) is 18.3 Å². The van der Waals surface area contributed by atoms with Gasteiger partial charge in [-0.2, -0.15) is 11.8 Å². The quantitative estimate of drug-likeness (QED) is 0.786. The van der Waals surface area contributed by atoms with Crippen LogP contribution in [0.25, 0.3) is 0 Å². The van der Waals surface area contributed by atoms with Crippen molar-refractivity contribution in [1.82, 2.24) is 9.88 Å². The lowest BCUT2D eigenvalue weighted by Crippen LogP contribution is -2.37. The first-order chi connectivity index (χ1) is 8.58. The molecule has 6 heteroatoms. The second-order valence-electron chi connectivity index (χ2n) is 3.95. The number of amides is 1. The molecule has 1 amide bonds. The Morgan fingerprint density at radius 3 is 2.83 bits per heavy atom. The summed E-state index contributed by atoms with van der Waals surface area (Å²) in [6, 6.07) is 3.41. The molecule has 0 bridgehead atoms. The molecular weight excluding hydrogens is 252 g/mol. The maximum atomic E-state index is 12.0. The van der Waals surface area contributed by atoms with Crippen LogP contribution in [-0.2, 0) is 11.3 Å². The van der Waals surface area contributed by atoms with E-state index in [4.69, 9.17) is 5.11 Å². The highest BCUT2D eigenvalue weighted by atomic mass is 32.2. The van der Waals surface area contributed by atoms with E-state index in [0.29, 0.717) is 5.69 Å². The Balaban J connectivity index is 2.71. The summed E-state index contributed by atoms with van der Waals surface area (Å²) in [6.07, 6.45) is 4.44. The summed E-state index contributed by atoms with van der Waals surface area (Å²) >= 11 is 1.67. The Kier molecular flexibility index (Phi) is 5.77. The largest absolute Gasteiger partial charge is 0.480 e. The van der Waals surface area contributed by atoms with E-state index in [0.717, 1.165) is 12.2 Å². The molecule has 0 aromatic carbocycles. The number of rotatable bonds is 7. The van der Waals surface area contributed by atoms with Crippen molar-refractivity contribution in [3.05, 3.63) is 24.0 Å². The van der Waals surface area contributed by atoms with Crippen molar-refractivity contribution in [2.75, 3.05) is 12.0 Å². The van der Waals surface area contributed by atoms with Crippen LogP contribution < -0.4 is 5.32 Å². The van der Waals surface area contributed by atoms with Crippen LogP contribution in [0.3, 0.4) is 0 Å². The lowest BCUT2D eigenvalue weighted by molar-refractivity contribution is -0.137. The maximum absolute atomic E-state index is 12.0. The summed E-state index contributed by atoms with van der Waals surface area (Å²) < 4.78 is 1.43. The molecule has 1 heterocycles. The minimum Gasteiger partial charge on any atom is -0.480 e. The second-order valence-corrected chi connectivity index (χ2v) is 4.86. The molecule has 5 nitrogen and oxygen atoms in total. The van der Waals surface area contributed by atoms with E-state index >= 15 is 0 Å². The van der Waals surface area contributed by atoms with Gasteiger partial charge >= 0.3 is 5.97 Å². The normalized spacial score (nSPS) is 12.1. The lowest BCUT2D eigenvalue weighted by atomic mass is 10.2. The fraction of sp³-hybridized carbons (Fsp3) is 0.500. The van der Waals surface area contributed by atoms with Crippen LogP contribution in [0.4, 0.5) is 0 Å². The van der Waals surface area contributed by atoms with E-state index in [2.05, 4.69) is 5.32 Å². The number of hydrogen-bond acceptors (Lipinski definition) is 3. The lowest BCUT2D eigenvalue weighted by Gasteiger charge is -2.16. The van der Waals surface area contributed by atoms with Gasteiger partial charge < -0.3 is 15.0 Å². The summed E-state index contributed by atoms with van der Waals surface area (Å²) in [5.74, 6) is -0.333. The number of carbonyl (C=O) groups excluding carboxylic acids is 1. The summed E-state index contributed by atoms with van der Waals surface area (Å²) in [4.78, 5) is 22.7. The van der Waals surface area contributed by atoms with Crippen LogP contribution in [0.2, 0.25) is 0 Å². The molecule has 1 unspecified atom stereocenters. The molecule has 0 aliphatic heterocycles. The number of carbonyl (C=O) groups is 2. The molecule has 0 aliphatic rings. The van der Waals surface area contributed by atoms with Crippen molar-refractivity contribution < 1.29 is 14.7 Å². The van der Waals surface area contributed by atoms with Gasteiger partial charge in [0.25, 0.3) is 5.91 Å². The minimum absolute atomic E-state index is 0.112. The number of aliphatic carboxylic acids is 1. The zero-order chi connectivity index (χ0) is 13.5. The first kappa shape index (κ1) is 14.6. The summed E-state index contributed by atoms with van der Waals surface area (Å²) in [7, 11) is 0. The molecule has 0 saturated heterocycles. The monoisotopic (exact) mass is 270 g/mol. The SMILES string of the molecule is CCC(CSC)NC(=O)c1cccn1CC(=O)O. The van der Waals surface area contributed by atoms with Gasteiger partial charge in [-0.3, -0.25) is 9.59 Å². The fourth-order valence-corrected chi connectivity index (χ4v) is 2.35. The Hall–Kier alpha value is -1.43. The number of nitrogens with zero attached hydrogens (tertiary/aromatic N) is 1. The van der Waals surface area contributed by atoms with E-state index in [9.17, 15) is 9.59 Å². The third kappa shape index (κ3) is 4.10. The molecule has 0 saturated carbocycles. The Labute approximate surface area is 111 Å². The van der Waals surface area contributed by atoms with Gasteiger partial charge in [0.15, 0.2) is 0 Å². The van der Waals surface area contributed by atoms with Crippen molar-refractivity contribution in [3.63, 3.8) is 0 Å². The van der Waals surface area contributed by atoms with Crippen molar-refractivity contribution >= 4 is 23.6 Å². The number of aromatic nitrogens is 1. The molecule has 100 valence electrons. The van der Waals surface area contributed by atoms with E-state index in [1.165, 1.54) is 4.57 Å². The maximum Gasteiger partial charge on any atom is 0.323 e. The average molecular weight is 270 g/mol. The van der Waals surface area contributed by atoms with E-state index in [1.54, 1.807) is 30.1 Å². The molecular formula is C12H18N2O3S. The van der Waals surface area contributed by atoms with Gasteiger partial charge in [-0.25, -0.2) is 0 Å². The average Bonchev–Trinajstić information content (AvgIpc) is 2.75. The first-order valence-corrected chi connectivity index (χ1v) is 7.14. The summed E-state index contributed by atoms with van der Waals surface area (Å²) in [6.45, 7) is 1.81. The molecule has 18 heavy (non-hydrogen) atoms. The topological polar surface area (TPSA) is 71.3 Å². The van der Waals surface area contributed by atoms with E-state index < -0.39 is 5.97 Å². The third-order valence-electron chi connectivity index (χ3n) is 2.56. The zero-order valence-corrected chi connectivity index (χ0v) is 11.4. The Bertz CT molecular complexity index is 417. The van der Waals surface area contributed by atoms with E-state index in [1.807, 2.05) is 13.2 Å². The highest BCUT2D eigenvalue weighted by Gasteiger charge is 2.15. The minimum atomic E-state index is -0.962. The third-order valence-corrected chi connectivity index (χ3v) is 3.30. The Morgan fingerprint density at radius 2 is 2.28 bits per heavy atom. The van der Waals surface area contributed by atoms with Crippen LogP contribution in [0, 0.1) is 0 Å². The fourth-order valence-electron chi connectivity index (χ4n) is 1.63. The van der Waals surface area contributed by atoms with Crippen LogP contribution in [0.1, 0.15) is 23.8 Å². The Morgan fingerprint density at radius 1 is 1.56 bits per heavy atom. The van der Waals surface area contributed by atoms with Gasteiger partial charge in [-0.15, -0.1) is 0 Å². The molecule has 0 spiro atoms. The molecule has 0 radical (unpaired) electrons. The highest BCUT2D eigenvalue weighted by molar-refractivity contribution is 7.98. The number of carboxylic acids is 1. The van der Waals surface area contributed by atoms with Crippen molar-refractivity contribution in [2.45, 2.75) is 25.9 Å². The molecule has 1 rings (SSSR count). The molecule has 2 N–H and O–H groups in total. The first-order valence-electron chi connectivity index (χ1n) is 5.75. The number of nitrogens with one attached hydrogen (secondary N) is 1. The van der Waals surface area contributed by atoms with Gasteiger partial charge in [0.1, 0.15) is 12.2 Å². The van der Waals surface area contributed by atoms with Crippen molar-refractivity contribution in [1.29, 1.82) is 0 Å². The van der Waals surface area contributed by atoms with E-state index in [-0.39, 0.29) is 18.5 Å². The van der Waals surface area contributed by atoms with Crippen LogP contribution >= 0.6 is 11.8 Å². The predicted octanol–water partition coefficient (Wildman–Crippen LogP) is 1.44. The molecule has 1 aromatic heterocycles. The predicted molar refractivity (Wildman–Crippen MR) is 72.0 cm³/mol. The second kappa shape index (κ2) is 7.10. The molecule has 1 aromatic rings. The van der Waals surface area contributed by atoms with Crippen molar-refractivity contribution in [3.8, 4) is 0 Å². The van der Waals surface area contributed by atoms with Gasteiger partial charge in [-0.1, -0.05) is 6.92 Å². The standard InChI is InChI=1S/C12H18N2O3S/c1-3-9(8-18-2)13-12(17)10-5-4-6-14(10)7-11(15)16/h4-6,9H,3,7-8H2,1-2H3,(H,13,17)(H,15,16). The van der Waals surface area contributed by atoms with Gasteiger partial charge in [0.05, 0.1) is 0 Å². The highest BCUT2D eigenvalue weighted by Crippen LogP contribution is 2.06.